The lowest BCUT2D eigenvalue weighted by Gasteiger charge is -2.20. The number of carboxylic acid groups (broad SMARTS) is 1. The number of benzene rings is 1. The highest BCUT2D eigenvalue weighted by molar-refractivity contribution is 5.67. The molecule has 20 heavy (non-hydrogen) atoms. The number of hydrogen-bond donors (Lipinski definition) is 1. The van der Waals surface area contributed by atoms with Crippen LogP contribution in [-0.4, -0.2) is 28.3 Å². The molecule has 1 rings (SSSR count). The van der Waals surface area contributed by atoms with Crippen molar-refractivity contribution in [1.29, 1.82) is 0 Å². The number of carbonyl (C=O) groups is 1. The molecule has 1 atom stereocenters. The number of nitro benzene ring substituents is 1. The number of halogens is 4. The summed E-state index contributed by atoms with van der Waals surface area (Å²) in [6, 6.07) is 1.67. The normalized spacial score (nSPS) is 12.8. The second kappa shape index (κ2) is 5.72. The van der Waals surface area contributed by atoms with Crippen LogP contribution in [0.2, 0.25) is 0 Å². The fourth-order valence-electron chi connectivity index (χ4n) is 1.27. The van der Waals surface area contributed by atoms with E-state index in [4.69, 9.17) is 5.11 Å². The first-order chi connectivity index (χ1) is 9.11. The highest BCUT2D eigenvalue weighted by Crippen LogP contribution is 2.33. The van der Waals surface area contributed by atoms with Gasteiger partial charge in [-0.25, -0.2) is 4.39 Å². The molecule has 0 aromatic heterocycles. The molecule has 0 aliphatic carbocycles. The van der Waals surface area contributed by atoms with Crippen LogP contribution in [0, 0.1) is 15.9 Å². The van der Waals surface area contributed by atoms with Gasteiger partial charge >= 0.3 is 17.8 Å². The van der Waals surface area contributed by atoms with Gasteiger partial charge in [0.1, 0.15) is 5.82 Å². The predicted octanol–water partition coefficient (Wildman–Crippen LogP) is 2.52. The number of alkyl halides is 3. The van der Waals surface area contributed by atoms with Crippen molar-refractivity contribution in [2.45, 2.75) is 18.7 Å². The Balaban J connectivity index is 3.11. The zero-order valence-electron chi connectivity index (χ0n) is 9.56. The third kappa shape index (κ3) is 4.07. The number of hydrogen-bond acceptors (Lipinski definition) is 4. The van der Waals surface area contributed by atoms with Crippen LogP contribution in [0.15, 0.2) is 18.2 Å². The average Bonchev–Trinajstić information content (AvgIpc) is 2.28. The number of nitro groups is 1. The molecule has 0 aliphatic heterocycles. The molecule has 1 unspecified atom stereocenters. The highest BCUT2D eigenvalue weighted by Gasteiger charge is 2.44. The van der Waals surface area contributed by atoms with Crippen molar-refractivity contribution in [2.75, 3.05) is 0 Å². The molecule has 0 bridgehead atoms. The molecule has 110 valence electrons. The van der Waals surface area contributed by atoms with Gasteiger partial charge in [-0.1, -0.05) is 0 Å². The Morgan fingerprint density at radius 1 is 1.45 bits per heavy atom. The van der Waals surface area contributed by atoms with Gasteiger partial charge < -0.3 is 9.84 Å². The highest BCUT2D eigenvalue weighted by atomic mass is 19.4. The summed E-state index contributed by atoms with van der Waals surface area (Å²) in [6.07, 6.45) is -9.25. The number of rotatable bonds is 5. The molecule has 1 N–H and O–H groups in total. The smallest absolute Gasteiger partial charge is 0.426 e. The van der Waals surface area contributed by atoms with Crippen LogP contribution in [0.3, 0.4) is 0 Å². The summed E-state index contributed by atoms with van der Waals surface area (Å²) in [6.45, 7) is 0. The topological polar surface area (TPSA) is 89.7 Å². The van der Waals surface area contributed by atoms with E-state index in [1.165, 1.54) is 0 Å². The van der Waals surface area contributed by atoms with Gasteiger partial charge in [-0.05, 0) is 12.1 Å². The fourth-order valence-corrected chi connectivity index (χ4v) is 1.27. The summed E-state index contributed by atoms with van der Waals surface area (Å²) in [5.41, 5.74) is -1.02. The van der Waals surface area contributed by atoms with E-state index < -0.39 is 46.8 Å². The quantitative estimate of drug-likeness (QED) is 0.512. The van der Waals surface area contributed by atoms with Crippen molar-refractivity contribution < 1.29 is 37.1 Å². The molecule has 1 aromatic rings. The van der Waals surface area contributed by atoms with Crippen LogP contribution in [0.25, 0.3) is 0 Å². The maximum absolute atomic E-state index is 12.8. The van der Waals surface area contributed by atoms with Crippen molar-refractivity contribution in [3.05, 3.63) is 34.1 Å². The van der Waals surface area contributed by atoms with Gasteiger partial charge in [0, 0.05) is 0 Å². The van der Waals surface area contributed by atoms with Crippen LogP contribution in [0.5, 0.6) is 5.75 Å². The predicted molar refractivity (Wildman–Crippen MR) is 55.8 cm³/mol. The van der Waals surface area contributed by atoms with Crippen LogP contribution < -0.4 is 4.74 Å². The van der Waals surface area contributed by atoms with E-state index in [0.717, 1.165) is 0 Å². The summed E-state index contributed by atoms with van der Waals surface area (Å²) < 4.78 is 54.8. The molecule has 0 heterocycles. The van der Waals surface area contributed by atoms with Crippen molar-refractivity contribution in [3.63, 3.8) is 0 Å². The summed E-state index contributed by atoms with van der Waals surface area (Å²) in [4.78, 5) is 19.8. The van der Waals surface area contributed by atoms with E-state index in [9.17, 15) is 32.5 Å². The zero-order valence-corrected chi connectivity index (χ0v) is 9.56. The largest absolute Gasteiger partial charge is 0.481 e. The van der Waals surface area contributed by atoms with Crippen molar-refractivity contribution in [3.8, 4) is 5.75 Å². The minimum absolute atomic E-state index is 0.379. The standard InChI is InChI=1S/C10H7F4NO5/c11-5-1-2-7(6(3-5)15(18)19)20-8(4-9(16)17)10(12,13)14/h1-3,8H,4H2,(H,16,17). The molecule has 0 radical (unpaired) electrons. The van der Waals surface area contributed by atoms with Crippen molar-refractivity contribution in [1.82, 2.24) is 0 Å². The third-order valence-corrected chi connectivity index (χ3v) is 2.11. The van der Waals surface area contributed by atoms with Gasteiger partial charge in [0.05, 0.1) is 17.4 Å². The van der Waals surface area contributed by atoms with E-state index in [1.54, 1.807) is 0 Å². The maximum Gasteiger partial charge on any atom is 0.426 e. The first-order valence-electron chi connectivity index (χ1n) is 5.00. The second-order valence-corrected chi connectivity index (χ2v) is 3.62. The lowest BCUT2D eigenvalue weighted by molar-refractivity contribution is -0.386. The second-order valence-electron chi connectivity index (χ2n) is 3.62. The Kier molecular flexibility index (Phi) is 4.48. The lowest BCUT2D eigenvalue weighted by Crippen LogP contribution is -2.36. The first kappa shape index (κ1) is 15.7. The van der Waals surface area contributed by atoms with Gasteiger partial charge in [-0.3, -0.25) is 14.9 Å². The van der Waals surface area contributed by atoms with E-state index in [1.807, 2.05) is 0 Å². The number of nitrogens with zero attached hydrogens (tertiary/aromatic N) is 1. The summed E-state index contributed by atoms with van der Waals surface area (Å²) in [5.74, 6) is -3.69. The molecule has 0 fully saturated rings. The monoisotopic (exact) mass is 297 g/mol. The van der Waals surface area contributed by atoms with E-state index in [2.05, 4.69) is 4.74 Å². The van der Waals surface area contributed by atoms with Gasteiger partial charge in [0.25, 0.3) is 0 Å². The number of carboxylic acids is 1. The summed E-state index contributed by atoms with van der Waals surface area (Å²) in [5, 5.41) is 19.0. The van der Waals surface area contributed by atoms with Gasteiger partial charge in [0.15, 0.2) is 5.75 Å². The number of aliphatic carboxylic acids is 1. The maximum atomic E-state index is 12.8. The molecule has 0 amide bonds. The van der Waals surface area contributed by atoms with E-state index in [-0.39, 0.29) is 0 Å². The third-order valence-electron chi connectivity index (χ3n) is 2.11. The van der Waals surface area contributed by atoms with Crippen molar-refractivity contribution >= 4 is 11.7 Å². The lowest BCUT2D eigenvalue weighted by atomic mass is 10.2. The van der Waals surface area contributed by atoms with Gasteiger partial charge in [-0.15, -0.1) is 0 Å². The molecular formula is C10H7F4NO5. The minimum Gasteiger partial charge on any atom is -0.481 e. The minimum atomic E-state index is -5.04. The molecule has 0 aliphatic rings. The SMILES string of the molecule is O=C(O)CC(Oc1ccc(F)cc1[N+](=O)[O-])C(F)(F)F. The van der Waals surface area contributed by atoms with Crippen molar-refractivity contribution in [2.24, 2.45) is 0 Å². The Bertz CT molecular complexity index is 531. The average molecular weight is 297 g/mol. The Labute approximate surface area is 108 Å². The summed E-state index contributed by atoms with van der Waals surface area (Å²) in [7, 11) is 0. The van der Waals surface area contributed by atoms with Crippen LogP contribution >= 0.6 is 0 Å². The molecule has 0 saturated heterocycles. The molecule has 1 aromatic carbocycles. The molecule has 0 saturated carbocycles. The van der Waals surface area contributed by atoms with E-state index >= 15 is 0 Å². The Hall–Kier alpha value is -2.39. The Morgan fingerprint density at radius 3 is 2.50 bits per heavy atom. The number of ether oxygens (including phenoxy) is 1. The zero-order chi connectivity index (χ0) is 15.5. The Morgan fingerprint density at radius 2 is 2.05 bits per heavy atom. The molecule has 6 nitrogen and oxygen atoms in total. The first-order valence-corrected chi connectivity index (χ1v) is 5.00. The molecule has 10 heteroatoms. The van der Waals surface area contributed by atoms with Crippen LogP contribution in [-0.2, 0) is 4.79 Å². The fraction of sp³-hybridized carbons (Fsp3) is 0.300. The van der Waals surface area contributed by atoms with E-state index in [0.29, 0.717) is 18.2 Å². The van der Waals surface area contributed by atoms with Crippen LogP contribution in [0.1, 0.15) is 6.42 Å². The molecular weight excluding hydrogens is 290 g/mol. The van der Waals surface area contributed by atoms with Crippen LogP contribution in [0.4, 0.5) is 23.2 Å². The van der Waals surface area contributed by atoms with Gasteiger partial charge in [0.2, 0.25) is 6.10 Å². The molecule has 0 spiro atoms. The summed E-state index contributed by atoms with van der Waals surface area (Å²) >= 11 is 0. The van der Waals surface area contributed by atoms with Gasteiger partial charge in [-0.2, -0.15) is 13.2 Å².